The summed E-state index contributed by atoms with van der Waals surface area (Å²) < 4.78 is 13.9. The van der Waals surface area contributed by atoms with Crippen LogP contribution >= 0.6 is 11.9 Å². The Morgan fingerprint density at radius 1 is 1.10 bits per heavy atom. The summed E-state index contributed by atoms with van der Waals surface area (Å²) in [5.41, 5.74) is 10.5. The van der Waals surface area contributed by atoms with Gasteiger partial charge in [0.25, 0.3) is 0 Å². The maximum atomic E-state index is 12.5. The number of ether oxygens (including phenoxy) is 2. The number of guanidine groups is 1. The van der Waals surface area contributed by atoms with Gasteiger partial charge in [-0.1, -0.05) is 0 Å². The minimum absolute atomic E-state index is 0.185. The molecule has 1 aliphatic rings. The van der Waals surface area contributed by atoms with Gasteiger partial charge in [-0.05, 0) is 94.5 Å². The first-order chi connectivity index (χ1) is 18.8. The molecule has 2 rings (SSSR count). The number of nitrogens with one attached hydrogen (secondary N) is 4. The lowest BCUT2D eigenvalue weighted by atomic mass is 9.88. The molecule has 0 aromatic heterocycles. The molecule has 1 aromatic carbocycles. The van der Waals surface area contributed by atoms with Gasteiger partial charge in [-0.3, -0.25) is 28.9 Å². The number of nitrogens with two attached hydrogens (primary N) is 1. The molecule has 0 radical (unpaired) electrons. The summed E-state index contributed by atoms with van der Waals surface area (Å²) in [7, 11) is 1.21. The molecular formula is C27H42N6O6S. The Hall–Kier alpha value is -3.48. The van der Waals surface area contributed by atoms with Crippen molar-refractivity contribution in [2.45, 2.75) is 83.8 Å². The molecule has 12 nitrogen and oxygen atoms in total. The number of carbonyl (C=O) groups excluding carboxylic acids is 4. The summed E-state index contributed by atoms with van der Waals surface area (Å²) in [5.74, 6) is -0.855. The second-order valence-electron chi connectivity index (χ2n) is 10.3. The zero-order valence-electron chi connectivity index (χ0n) is 24.4. The van der Waals surface area contributed by atoms with Gasteiger partial charge in [0.2, 0.25) is 17.7 Å². The number of hydrogen-bond acceptors (Lipinski definition) is 8. The van der Waals surface area contributed by atoms with Crippen molar-refractivity contribution in [1.29, 1.82) is 0 Å². The van der Waals surface area contributed by atoms with Gasteiger partial charge in [0.05, 0.1) is 13.7 Å². The molecule has 0 bridgehead atoms. The van der Waals surface area contributed by atoms with Crippen LogP contribution in [0, 0.1) is 20.8 Å². The van der Waals surface area contributed by atoms with Crippen molar-refractivity contribution in [2.24, 2.45) is 10.7 Å². The SMILES string of the molecule is COC(=O)CNC(=O)[C@@H](CCCN=C(N)NSc1c(C)c(C)c2c(c1C)CCC(C)(C)O2)NC(=O)CNC(C)=O. The molecule has 0 fully saturated rings. The largest absolute Gasteiger partial charge is 0.487 e. The van der Waals surface area contributed by atoms with Gasteiger partial charge < -0.3 is 31.2 Å². The van der Waals surface area contributed by atoms with Gasteiger partial charge in [-0.25, -0.2) is 0 Å². The van der Waals surface area contributed by atoms with Gasteiger partial charge in [0.1, 0.15) is 23.9 Å². The summed E-state index contributed by atoms with van der Waals surface area (Å²) in [6.07, 6.45) is 2.55. The zero-order chi connectivity index (χ0) is 30.0. The zero-order valence-corrected chi connectivity index (χ0v) is 25.2. The second kappa shape index (κ2) is 14.8. The van der Waals surface area contributed by atoms with E-state index in [4.69, 9.17) is 10.5 Å². The van der Waals surface area contributed by atoms with Crippen LogP contribution < -0.4 is 31.1 Å². The molecule has 0 spiro atoms. The topological polar surface area (TPSA) is 173 Å². The lowest BCUT2D eigenvalue weighted by molar-refractivity contribution is -0.141. The lowest BCUT2D eigenvalue weighted by Crippen LogP contribution is -2.50. The van der Waals surface area contributed by atoms with Crippen LogP contribution in [0.1, 0.15) is 62.3 Å². The summed E-state index contributed by atoms with van der Waals surface area (Å²) in [6.45, 7) is 11.4. The van der Waals surface area contributed by atoms with Crippen molar-refractivity contribution in [3.63, 3.8) is 0 Å². The molecule has 3 amide bonds. The number of methoxy groups -OCH3 is 1. The third-order valence-corrected chi connectivity index (χ3v) is 7.77. The van der Waals surface area contributed by atoms with Crippen molar-refractivity contribution in [1.82, 2.24) is 20.7 Å². The Morgan fingerprint density at radius 2 is 1.80 bits per heavy atom. The smallest absolute Gasteiger partial charge is 0.325 e. The molecule has 0 saturated heterocycles. The minimum Gasteiger partial charge on any atom is -0.487 e. The van der Waals surface area contributed by atoms with Crippen LogP contribution in [0.3, 0.4) is 0 Å². The first kappa shape index (κ1) is 32.7. The fraction of sp³-hybridized carbons (Fsp3) is 0.593. The molecule has 0 saturated carbocycles. The molecular weight excluding hydrogens is 536 g/mol. The summed E-state index contributed by atoms with van der Waals surface area (Å²) in [5, 5.41) is 7.38. The number of fused-ring (bicyclic) bond motifs is 1. The Balaban J connectivity index is 1.97. The highest BCUT2D eigenvalue weighted by Gasteiger charge is 2.31. The number of aliphatic imine (C=N–C) groups is 1. The Labute approximate surface area is 240 Å². The molecule has 13 heteroatoms. The van der Waals surface area contributed by atoms with E-state index >= 15 is 0 Å². The van der Waals surface area contributed by atoms with Crippen molar-refractivity contribution in [3.05, 3.63) is 22.3 Å². The molecule has 222 valence electrons. The molecule has 0 unspecified atom stereocenters. The molecule has 0 aliphatic carbocycles. The third kappa shape index (κ3) is 9.61. The van der Waals surface area contributed by atoms with E-state index in [1.165, 1.54) is 31.5 Å². The van der Waals surface area contributed by atoms with Crippen molar-refractivity contribution in [2.75, 3.05) is 26.7 Å². The maximum absolute atomic E-state index is 12.5. The lowest BCUT2D eigenvalue weighted by Gasteiger charge is -2.35. The van der Waals surface area contributed by atoms with Crippen LogP contribution in [-0.4, -0.2) is 68.0 Å². The molecule has 6 N–H and O–H groups in total. The molecule has 1 atom stereocenters. The molecule has 40 heavy (non-hydrogen) atoms. The van der Waals surface area contributed by atoms with E-state index < -0.39 is 23.8 Å². The molecule has 1 aromatic rings. The van der Waals surface area contributed by atoms with Gasteiger partial charge >= 0.3 is 5.97 Å². The first-order valence-corrected chi connectivity index (χ1v) is 14.0. The van der Waals surface area contributed by atoms with Crippen molar-refractivity contribution in [3.8, 4) is 5.75 Å². The second-order valence-corrected chi connectivity index (χ2v) is 11.1. The fourth-order valence-electron chi connectivity index (χ4n) is 4.21. The number of hydrogen-bond donors (Lipinski definition) is 5. The van der Waals surface area contributed by atoms with E-state index in [1.807, 2.05) is 0 Å². The minimum atomic E-state index is -0.930. The van der Waals surface area contributed by atoms with E-state index in [-0.39, 0.29) is 37.0 Å². The predicted octanol–water partition coefficient (Wildman–Crippen LogP) is 1.32. The number of rotatable bonds is 12. The number of nitrogens with zero attached hydrogens (tertiary/aromatic N) is 1. The Kier molecular flexibility index (Phi) is 12.1. The highest BCUT2D eigenvalue weighted by molar-refractivity contribution is 7.98. The molecule has 1 heterocycles. The van der Waals surface area contributed by atoms with E-state index in [1.54, 1.807) is 0 Å². The average molecular weight is 579 g/mol. The number of amides is 3. The van der Waals surface area contributed by atoms with Crippen molar-refractivity contribution < 1.29 is 28.7 Å². The predicted molar refractivity (Wildman–Crippen MR) is 154 cm³/mol. The van der Waals surface area contributed by atoms with E-state index in [0.717, 1.165) is 40.2 Å². The van der Waals surface area contributed by atoms with Crippen LogP contribution in [0.4, 0.5) is 0 Å². The van der Waals surface area contributed by atoms with Gasteiger partial charge in [-0.15, -0.1) is 0 Å². The number of carbonyl (C=O) groups is 4. The standard InChI is InChI=1S/C27H42N6O6S/c1-15-16(2)24(17(3)19-10-11-27(5,6)39-23(15)19)40-33-26(28)29-12-8-9-20(25(37)31-14-22(36)38-7)32-21(35)13-30-18(4)34/h20H,8-14H2,1-7H3,(H,30,34)(H,31,37)(H,32,35)(H3,28,29,33)/t20-/m1/s1. The Bertz CT molecular complexity index is 1150. The average Bonchev–Trinajstić information content (AvgIpc) is 2.90. The van der Waals surface area contributed by atoms with Crippen LogP contribution in [0.25, 0.3) is 0 Å². The normalized spacial score (nSPS) is 14.7. The highest BCUT2D eigenvalue weighted by atomic mass is 32.2. The Morgan fingerprint density at radius 3 is 2.45 bits per heavy atom. The maximum Gasteiger partial charge on any atom is 0.325 e. The van der Waals surface area contributed by atoms with E-state index in [9.17, 15) is 19.2 Å². The van der Waals surface area contributed by atoms with Gasteiger partial charge in [0, 0.05) is 18.4 Å². The van der Waals surface area contributed by atoms with Crippen LogP contribution in [0.2, 0.25) is 0 Å². The van der Waals surface area contributed by atoms with E-state index in [2.05, 4.69) is 65.0 Å². The summed E-state index contributed by atoms with van der Waals surface area (Å²) >= 11 is 1.40. The summed E-state index contributed by atoms with van der Waals surface area (Å²) in [4.78, 5) is 52.6. The van der Waals surface area contributed by atoms with Gasteiger partial charge in [0.15, 0.2) is 5.96 Å². The van der Waals surface area contributed by atoms with Gasteiger partial charge in [-0.2, -0.15) is 0 Å². The monoisotopic (exact) mass is 578 g/mol. The van der Waals surface area contributed by atoms with Crippen LogP contribution in [0.15, 0.2) is 9.89 Å². The van der Waals surface area contributed by atoms with Crippen molar-refractivity contribution >= 4 is 41.6 Å². The summed E-state index contributed by atoms with van der Waals surface area (Å²) in [6, 6.07) is -0.930. The fourth-order valence-corrected chi connectivity index (χ4v) is 5.06. The number of benzene rings is 1. The van der Waals surface area contributed by atoms with E-state index in [0.29, 0.717) is 13.0 Å². The highest BCUT2D eigenvalue weighted by Crippen LogP contribution is 2.43. The van der Waals surface area contributed by atoms with Crippen LogP contribution in [0.5, 0.6) is 5.75 Å². The molecule has 1 aliphatic heterocycles. The quantitative estimate of drug-likeness (QED) is 0.0806. The first-order valence-electron chi connectivity index (χ1n) is 13.2. The van der Waals surface area contributed by atoms with Crippen LogP contribution in [-0.2, 0) is 30.3 Å². The number of esters is 1. The third-order valence-electron chi connectivity index (χ3n) is 6.64.